The molecule has 0 saturated carbocycles. The molecule has 0 aliphatic rings. The molecule has 0 saturated heterocycles. The van der Waals surface area contributed by atoms with Crippen LogP contribution < -0.4 is 26.0 Å². The van der Waals surface area contributed by atoms with Crippen molar-refractivity contribution in [2.45, 2.75) is 46.7 Å². The Labute approximate surface area is 185 Å². The van der Waals surface area contributed by atoms with Crippen molar-refractivity contribution >= 4 is 17.7 Å². The van der Waals surface area contributed by atoms with Crippen LogP contribution in [0.2, 0.25) is 0 Å². The summed E-state index contributed by atoms with van der Waals surface area (Å²) in [5.41, 5.74) is 4.21. The Kier molecular flexibility index (Phi) is 9.68. The molecule has 0 unspecified atom stereocenters. The number of aliphatic imine (C=N–C) groups is 1. The number of benzene rings is 2. The van der Waals surface area contributed by atoms with Crippen molar-refractivity contribution in [1.29, 1.82) is 0 Å². The van der Waals surface area contributed by atoms with Crippen molar-refractivity contribution in [3.8, 4) is 5.75 Å². The Bertz CT molecular complexity index is 863. The Hall–Kier alpha value is -3.22. The number of guanidine groups is 1. The number of carbonyl (C=O) groups is 1. The minimum Gasteiger partial charge on any atom is -0.496 e. The molecule has 2 rings (SSSR count). The Morgan fingerprint density at radius 1 is 1.10 bits per heavy atom. The van der Waals surface area contributed by atoms with Gasteiger partial charge in [0.25, 0.3) is 0 Å². The molecule has 4 N–H and O–H groups in total. The number of nitrogens with one attached hydrogen (secondary N) is 4. The van der Waals surface area contributed by atoms with Crippen LogP contribution in [0.25, 0.3) is 0 Å². The summed E-state index contributed by atoms with van der Waals surface area (Å²) < 4.78 is 5.46. The number of hydrogen-bond donors (Lipinski definition) is 4. The second-order valence-corrected chi connectivity index (χ2v) is 7.64. The molecule has 7 nitrogen and oxygen atoms in total. The first-order valence-electron chi connectivity index (χ1n) is 10.7. The lowest BCUT2D eigenvalue weighted by Gasteiger charge is -2.13. The van der Waals surface area contributed by atoms with Gasteiger partial charge >= 0.3 is 6.03 Å². The highest BCUT2D eigenvalue weighted by Gasteiger charge is 2.05. The number of aryl methyl sites for hydroxylation is 1. The fourth-order valence-corrected chi connectivity index (χ4v) is 3.05. The van der Waals surface area contributed by atoms with Crippen LogP contribution in [-0.4, -0.2) is 38.2 Å². The van der Waals surface area contributed by atoms with Gasteiger partial charge in [-0.15, -0.1) is 0 Å². The molecule has 0 aliphatic carbocycles. The number of anilines is 1. The van der Waals surface area contributed by atoms with Gasteiger partial charge in [-0.3, -0.25) is 0 Å². The van der Waals surface area contributed by atoms with Crippen molar-refractivity contribution in [3.05, 3.63) is 59.2 Å². The van der Waals surface area contributed by atoms with E-state index in [2.05, 4.69) is 45.3 Å². The lowest BCUT2D eigenvalue weighted by molar-refractivity contribution is 0.250. The van der Waals surface area contributed by atoms with Gasteiger partial charge in [-0.2, -0.15) is 0 Å². The van der Waals surface area contributed by atoms with Crippen LogP contribution in [0.4, 0.5) is 10.5 Å². The van der Waals surface area contributed by atoms with Crippen molar-refractivity contribution in [1.82, 2.24) is 16.0 Å². The first-order valence-corrected chi connectivity index (χ1v) is 10.7. The maximum absolute atomic E-state index is 11.8. The van der Waals surface area contributed by atoms with Gasteiger partial charge in [-0.1, -0.05) is 29.8 Å². The molecule has 7 heteroatoms. The summed E-state index contributed by atoms with van der Waals surface area (Å²) in [6, 6.07) is 13.8. The van der Waals surface area contributed by atoms with Gasteiger partial charge in [0.05, 0.1) is 13.7 Å². The summed E-state index contributed by atoms with van der Waals surface area (Å²) in [5, 5.41) is 12.3. The van der Waals surface area contributed by atoms with E-state index in [1.807, 2.05) is 51.1 Å². The molecule has 31 heavy (non-hydrogen) atoms. The molecular weight excluding hydrogens is 390 g/mol. The van der Waals surface area contributed by atoms with E-state index in [0.29, 0.717) is 6.54 Å². The van der Waals surface area contributed by atoms with E-state index in [4.69, 9.17) is 4.74 Å². The molecule has 2 aromatic carbocycles. The van der Waals surface area contributed by atoms with E-state index in [1.165, 1.54) is 11.1 Å². The maximum atomic E-state index is 11.8. The number of urea groups is 1. The predicted octanol–water partition coefficient (Wildman–Crippen LogP) is 3.83. The van der Waals surface area contributed by atoms with Gasteiger partial charge < -0.3 is 26.0 Å². The molecule has 0 heterocycles. The van der Waals surface area contributed by atoms with Gasteiger partial charge in [-0.25, -0.2) is 9.79 Å². The Morgan fingerprint density at radius 2 is 1.84 bits per heavy atom. The minimum absolute atomic E-state index is 0.0950. The molecule has 0 aromatic heterocycles. The van der Waals surface area contributed by atoms with Crippen LogP contribution in [0.15, 0.2) is 47.5 Å². The topological polar surface area (TPSA) is 86.8 Å². The van der Waals surface area contributed by atoms with Crippen LogP contribution in [0, 0.1) is 6.92 Å². The molecule has 0 radical (unpaired) electrons. The summed E-state index contributed by atoms with van der Waals surface area (Å²) in [6.07, 6.45) is 0.841. The lowest BCUT2D eigenvalue weighted by Crippen LogP contribution is -2.38. The first-order chi connectivity index (χ1) is 14.9. The molecule has 0 bridgehead atoms. The molecule has 0 atom stereocenters. The molecule has 0 fully saturated rings. The average molecular weight is 426 g/mol. The summed E-state index contributed by atoms with van der Waals surface area (Å²) in [6.45, 7) is 10.1. The van der Waals surface area contributed by atoms with Gasteiger partial charge in [-0.05, 0) is 63.4 Å². The predicted molar refractivity (Wildman–Crippen MR) is 128 cm³/mol. The van der Waals surface area contributed by atoms with Gasteiger partial charge in [0.1, 0.15) is 5.75 Å². The fraction of sp³-hybridized carbons (Fsp3) is 0.417. The highest BCUT2D eigenvalue weighted by atomic mass is 16.5. The third-order valence-electron chi connectivity index (χ3n) is 4.52. The lowest BCUT2D eigenvalue weighted by atomic mass is 10.1. The summed E-state index contributed by atoms with van der Waals surface area (Å²) in [5.74, 6) is 1.68. The summed E-state index contributed by atoms with van der Waals surface area (Å²) in [4.78, 5) is 16.5. The van der Waals surface area contributed by atoms with E-state index in [1.54, 1.807) is 7.11 Å². The number of carbonyl (C=O) groups excluding carboxylic acids is 1. The summed E-state index contributed by atoms with van der Waals surface area (Å²) >= 11 is 0. The van der Waals surface area contributed by atoms with Crippen LogP contribution in [0.3, 0.4) is 0 Å². The van der Waals surface area contributed by atoms with Crippen molar-refractivity contribution in [2.24, 2.45) is 4.99 Å². The highest BCUT2D eigenvalue weighted by Crippen LogP contribution is 2.19. The molecular formula is C24H35N5O2. The third-order valence-corrected chi connectivity index (χ3v) is 4.52. The highest BCUT2D eigenvalue weighted by molar-refractivity contribution is 5.89. The second kappa shape index (κ2) is 12.5. The zero-order valence-corrected chi connectivity index (χ0v) is 19.2. The normalized spacial score (nSPS) is 11.2. The van der Waals surface area contributed by atoms with Gasteiger partial charge in [0.15, 0.2) is 5.96 Å². The van der Waals surface area contributed by atoms with Gasteiger partial charge in [0, 0.05) is 24.8 Å². The van der Waals surface area contributed by atoms with E-state index in [0.717, 1.165) is 42.5 Å². The number of nitrogens with zero attached hydrogens (tertiary/aromatic N) is 1. The summed E-state index contributed by atoms with van der Waals surface area (Å²) in [7, 11) is 1.70. The third kappa shape index (κ3) is 8.58. The quantitative estimate of drug-likeness (QED) is 0.363. The van der Waals surface area contributed by atoms with Crippen molar-refractivity contribution in [3.63, 3.8) is 0 Å². The van der Waals surface area contributed by atoms with Gasteiger partial charge in [0.2, 0.25) is 0 Å². The van der Waals surface area contributed by atoms with Crippen LogP contribution in [0.1, 0.15) is 37.5 Å². The van der Waals surface area contributed by atoms with E-state index < -0.39 is 0 Å². The van der Waals surface area contributed by atoms with E-state index in [-0.39, 0.29) is 12.1 Å². The monoisotopic (exact) mass is 425 g/mol. The average Bonchev–Trinajstić information content (AvgIpc) is 2.72. The van der Waals surface area contributed by atoms with Crippen molar-refractivity contribution < 1.29 is 9.53 Å². The van der Waals surface area contributed by atoms with Crippen LogP contribution in [-0.2, 0) is 13.0 Å². The Morgan fingerprint density at radius 3 is 2.48 bits per heavy atom. The van der Waals surface area contributed by atoms with E-state index >= 15 is 0 Å². The molecule has 2 amide bonds. The van der Waals surface area contributed by atoms with Crippen molar-refractivity contribution in [2.75, 3.05) is 25.5 Å². The number of rotatable bonds is 9. The van der Waals surface area contributed by atoms with Crippen LogP contribution >= 0.6 is 0 Å². The Balaban J connectivity index is 1.90. The number of amides is 2. The molecule has 168 valence electrons. The van der Waals surface area contributed by atoms with Crippen LogP contribution in [0.5, 0.6) is 5.75 Å². The fourth-order valence-electron chi connectivity index (χ4n) is 3.05. The smallest absolute Gasteiger partial charge is 0.319 e. The largest absolute Gasteiger partial charge is 0.496 e. The maximum Gasteiger partial charge on any atom is 0.319 e. The standard InChI is InChI=1S/C24H35N5O2/c1-6-25-23(26-14-13-20-15-18(4)7-12-22(20)31-5)27-16-19-8-10-21(11-9-19)29-24(30)28-17(2)3/h7-12,15,17H,6,13-14,16H2,1-5H3,(H2,25,26,27)(H2,28,29,30). The molecule has 0 aliphatic heterocycles. The minimum atomic E-state index is -0.204. The SMILES string of the molecule is CCNC(=NCc1ccc(NC(=O)NC(C)C)cc1)NCCc1cc(C)ccc1OC. The molecule has 0 spiro atoms. The number of hydrogen-bond acceptors (Lipinski definition) is 3. The number of ether oxygens (including phenoxy) is 1. The number of methoxy groups -OCH3 is 1. The van der Waals surface area contributed by atoms with E-state index in [9.17, 15) is 4.79 Å². The first kappa shape index (κ1) is 24.1. The molecule has 2 aromatic rings. The second-order valence-electron chi connectivity index (χ2n) is 7.64. The zero-order valence-electron chi connectivity index (χ0n) is 19.2. The zero-order chi connectivity index (χ0) is 22.6.